The van der Waals surface area contributed by atoms with Crippen LogP contribution < -0.4 is 9.47 Å². The van der Waals surface area contributed by atoms with Gasteiger partial charge in [0.15, 0.2) is 0 Å². The standard InChI is InChI=1S/C14H12Br2O2/c15-11-5-1-3-7-13(11)17-9-10-18-14-8-4-2-6-12(14)16/h1-8H,9-10H2. The first-order valence-electron chi connectivity index (χ1n) is 5.52. The predicted octanol–water partition coefficient (Wildman–Crippen LogP) is 4.67. The van der Waals surface area contributed by atoms with Crippen LogP contribution in [0.3, 0.4) is 0 Å². The average Bonchev–Trinajstić information content (AvgIpc) is 2.38. The molecule has 94 valence electrons. The number of ether oxygens (including phenoxy) is 2. The van der Waals surface area contributed by atoms with Crippen molar-refractivity contribution in [2.24, 2.45) is 0 Å². The van der Waals surface area contributed by atoms with Gasteiger partial charge in [-0.15, -0.1) is 0 Å². The Kier molecular flexibility index (Phi) is 5.08. The van der Waals surface area contributed by atoms with E-state index in [1.54, 1.807) is 0 Å². The molecule has 0 spiro atoms. The zero-order valence-corrected chi connectivity index (χ0v) is 12.8. The van der Waals surface area contributed by atoms with Crippen molar-refractivity contribution < 1.29 is 9.47 Å². The van der Waals surface area contributed by atoms with E-state index in [4.69, 9.17) is 9.47 Å². The molecule has 0 saturated heterocycles. The molecule has 2 aromatic rings. The third-order valence-electron chi connectivity index (χ3n) is 2.27. The van der Waals surface area contributed by atoms with Gasteiger partial charge in [0.1, 0.15) is 24.7 Å². The fourth-order valence-electron chi connectivity index (χ4n) is 1.43. The van der Waals surface area contributed by atoms with Gasteiger partial charge < -0.3 is 9.47 Å². The SMILES string of the molecule is Brc1ccccc1OCCOc1ccccc1Br. The van der Waals surface area contributed by atoms with Gasteiger partial charge in [-0.2, -0.15) is 0 Å². The van der Waals surface area contributed by atoms with Crippen LogP contribution in [0.4, 0.5) is 0 Å². The second-order valence-electron chi connectivity index (χ2n) is 3.56. The van der Waals surface area contributed by atoms with Gasteiger partial charge >= 0.3 is 0 Å². The third-order valence-corrected chi connectivity index (χ3v) is 3.58. The van der Waals surface area contributed by atoms with Crippen LogP contribution in [0.2, 0.25) is 0 Å². The molecule has 0 aliphatic rings. The lowest BCUT2D eigenvalue weighted by Gasteiger charge is -2.10. The quantitative estimate of drug-likeness (QED) is 0.711. The van der Waals surface area contributed by atoms with Crippen LogP contribution in [0, 0.1) is 0 Å². The number of hydrogen-bond acceptors (Lipinski definition) is 2. The molecule has 0 aliphatic heterocycles. The summed E-state index contributed by atoms with van der Waals surface area (Å²) >= 11 is 6.86. The van der Waals surface area contributed by atoms with Gasteiger partial charge in [-0.3, -0.25) is 0 Å². The van der Waals surface area contributed by atoms with Gasteiger partial charge in [0.05, 0.1) is 8.95 Å². The maximum atomic E-state index is 5.61. The van der Waals surface area contributed by atoms with Crippen LogP contribution in [-0.2, 0) is 0 Å². The van der Waals surface area contributed by atoms with Crippen molar-refractivity contribution >= 4 is 31.9 Å². The lowest BCUT2D eigenvalue weighted by Crippen LogP contribution is -2.09. The Morgan fingerprint density at radius 2 is 1.06 bits per heavy atom. The van der Waals surface area contributed by atoms with Gasteiger partial charge in [0, 0.05) is 0 Å². The minimum absolute atomic E-state index is 0.504. The summed E-state index contributed by atoms with van der Waals surface area (Å²) in [5.74, 6) is 1.65. The van der Waals surface area contributed by atoms with E-state index in [9.17, 15) is 0 Å². The first-order valence-corrected chi connectivity index (χ1v) is 7.10. The topological polar surface area (TPSA) is 18.5 Å². The van der Waals surface area contributed by atoms with E-state index in [1.165, 1.54) is 0 Å². The molecule has 0 heterocycles. The van der Waals surface area contributed by atoms with E-state index in [1.807, 2.05) is 48.5 Å². The van der Waals surface area contributed by atoms with Crippen LogP contribution in [0.5, 0.6) is 11.5 Å². The summed E-state index contributed by atoms with van der Waals surface area (Å²) in [6.07, 6.45) is 0. The summed E-state index contributed by atoms with van der Waals surface area (Å²) in [5.41, 5.74) is 0. The van der Waals surface area contributed by atoms with Crippen molar-refractivity contribution in [1.29, 1.82) is 0 Å². The summed E-state index contributed by atoms with van der Waals surface area (Å²) in [6.45, 7) is 1.01. The van der Waals surface area contributed by atoms with Crippen molar-refractivity contribution in [3.63, 3.8) is 0 Å². The third kappa shape index (κ3) is 3.75. The Balaban J connectivity index is 1.80. The normalized spacial score (nSPS) is 10.1. The Hall–Kier alpha value is -1.000. The molecule has 2 rings (SSSR count). The van der Waals surface area contributed by atoms with Gasteiger partial charge in [-0.05, 0) is 56.1 Å². The molecule has 0 saturated carbocycles. The van der Waals surface area contributed by atoms with E-state index in [0.29, 0.717) is 13.2 Å². The molecule has 18 heavy (non-hydrogen) atoms. The molecule has 0 radical (unpaired) electrons. The summed E-state index contributed by atoms with van der Waals surface area (Å²) in [4.78, 5) is 0. The number of benzene rings is 2. The molecule has 0 fully saturated rings. The van der Waals surface area contributed by atoms with E-state index < -0.39 is 0 Å². The number of hydrogen-bond donors (Lipinski definition) is 0. The molecule has 2 nitrogen and oxygen atoms in total. The highest BCUT2D eigenvalue weighted by Gasteiger charge is 2.01. The van der Waals surface area contributed by atoms with Gasteiger partial charge in [0.2, 0.25) is 0 Å². The van der Waals surface area contributed by atoms with Crippen LogP contribution in [-0.4, -0.2) is 13.2 Å². The second-order valence-corrected chi connectivity index (χ2v) is 5.27. The molecule has 2 aromatic carbocycles. The Morgan fingerprint density at radius 3 is 1.44 bits per heavy atom. The van der Waals surface area contributed by atoms with E-state index >= 15 is 0 Å². The van der Waals surface area contributed by atoms with Crippen molar-refractivity contribution in [1.82, 2.24) is 0 Å². The first-order chi connectivity index (χ1) is 8.77. The zero-order chi connectivity index (χ0) is 12.8. The second kappa shape index (κ2) is 6.81. The number of rotatable bonds is 5. The van der Waals surface area contributed by atoms with Crippen molar-refractivity contribution in [2.45, 2.75) is 0 Å². The van der Waals surface area contributed by atoms with E-state index in [0.717, 1.165) is 20.4 Å². The van der Waals surface area contributed by atoms with Crippen molar-refractivity contribution in [3.8, 4) is 11.5 Å². The highest BCUT2D eigenvalue weighted by Crippen LogP contribution is 2.25. The monoisotopic (exact) mass is 370 g/mol. The summed E-state index contributed by atoms with van der Waals surface area (Å²) < 4.78 is 13.1. The molecule has 0 aromatic heterocycles. The maximum absolute atomic E-state index is 5.61. The minimum atomic E-state index is 0.504. The Morgan fingerprint density at radius 1 is 0.667 bits per heavy atom. The van der Waals surface area contributed by atoms with Crippen LogP contribution in [0.1, 0.15) is 0 Å². The summed E-state index contributed by atoms with van der Waals surface area (Å²) in [5, 5.41) is 0. The predicted molar refractivity (Wildman–Crippen MR) is 79.3 cm³/mol. The van der Waals surface area contributed by atoms with Crippen molar-refractivity contribution in [2.75, 3.05) is 13.2 Å². The van der Waals surface area contributed by atoms with Crippen LogP contribution in [0.25, 0.3) is 0 Å². The molecule has 0 N–H and O–H groups in total. The number of para-hydroxylation sites is 2. The van der Waals surface area contributed by atoms with Gasteiger partial charge in [0.25, 0.3) is 0 Å². The maximum Gasteiger partial charge on any atom is 0.133 e. The summed E-state index contributed by atoms with van der Waals surface area (Å²) in [6, 6.07) is 15.5. The fourth-order valence-corrected chi connectivity index (χ4v) is 2.23. The van der Waals surface area contributed by atoms with E-state index in [-0.39, 0.29) is 0 Å². The van der Waals surface area contributed by atoms with Crippen molar-refractivity contribution in [3.05, 3.63) is 57.5 Å². The largest absolute Gasteiger partial charge is 0.489 e. The Bertz CT molecular complexity index is 467. The molecular formula is C14H12Br2O2. The molecular weight excluding hydrogens is 360 g/mol. The van der Waals surface area contributed by atoms with Crippen LogP contribution in [0.15, 0.2) is 57.5 Å². The molecule has 0 aliphatic carbocycles. The van der Waals surface area contributed by atoms with Crippen LogP contribution >= 0.6 is 31.9 Å². The molecule has 0 amide bonds. The first kappa shape index (κ1) is 13.4. The number of halogens is 2. The lowest BCUT2D eigenvalue weighted by molar-refractivity contribution is 0.215. The molecule has 0 atom stereocenters. The highest BCUT2D eigenvalue weighted by atomic mass is 79.9. The van der Waals surface area contributed by atoms with Gasteiger partial charge in [-0.1, -0.05) is 24.3 Å². The van der Waals surface area contributed by atoms with E-state index in [2.05, 4.69) is 31.9 Å². The zero-order valence-electron chi connectivity index (χ0n) is 9.61. The summed E-state index contributed by atoms with van der Waals surface area (Å²) in [7, 11) is 0. The van der Waals surface area contributed by atoms with Gasteiger partial charge in [-0.25, -0.2) is 0 Å². The Labute approximate surface area is 123 Å². The molecule has 0 unspecified atom stereocenters. The minimum Gasteiger partial charge on any atom is -0.489 e. The average molecular weight is 372 g/mol. The molecule has 4 heteroatoms. The lowest BCUT2D eigenvalue weighted by atomic mass is 10.3. The molecule has 0 bridgehead atoms. The fraction of sp³-hybridized carbons (Fsp3) is 0.143. The smallest absolute Gasteiger partial charge is 0.133 e. The highest BCUT2D eigenvalue weighted by molar-refractivity contribution is 9.10.